The van der Waals surface area contributed by atoms with Gasteiger partial charge < -0.3 is 19.4 Å². The van der Waals surface area contributed by atoms with Gasteiger partial charge in [0.05, 0.1) is 0 Å². The van der Waals surface area contributed by atoms with Crippen molar-refractivity contribution in [2.24, 2.45) is 0 Å². The van der Waals surface area contributed by atoms with Crippen molar-refractivity contribution in [3.63, 3.8) is 0 Å². The molecular weight excluding hydrogens is 362 g/mol. The quantitative estimate of drug-likeness (QED) is 0.653. The second kappa shape index (κ2) is 7.80. The first-order chi connectivity index (χ1) is 13.5. The molecule has 6 heteroatoms. The fourth-order valence-corrected chi connectivity index (χ4v) is 3.85. The number of hydrogen-bond donors (Lipinski definition) is 1. The molecule has 1 aliphatic carbocycles. The van der Waals surface area contributed by atoms with Gasteiger partial charge in [0.2, 0.25) is 0 Å². The maximum absolute atomic E-state index is 12.5. The van der Waals surface area contributed by atoms with E-state index in [1.54, 1.807) is 12.1 Å². The lowest BCUT2D eigenvalue weighted by molar-refractivity contribution is -0.0498. The van der Waals surface area contributed by atoms with Crippen molar-refractivity contribution >= 4 is 10.9 Å². The molecule has 0 radical (unpaired) electrons. The van der Waals surface area contributed by atoms with Crippen LogP contribution in [0.1, 0.15) is 16.7 Å². The average Bonchev–Trinajstić information content (AvgIpc) is 3.23. The zero-order valence-electron chi connectivity index (χ0n) is 16.0. The Morgan fingerprint density at radius 2 is 1.96 bits per heavy atom. The highest BCUT2D eigenvalue weighted by Crippen LogP contribution is 2.34. The van der Waals surface area contributed by atoms with Crippen LogP contribution in [-0.2, 0) is 19.3 Å². The Morgan fingerprint density at radius 3 is 2.75 bits per heavy atom. The van der Waals surface area contributed by atoms with E-state index in [-0.39, 0.29) is 11.9 Å². The molecule has 1 N–H and O–H groups in total. The maximum Gasteiger partial charge on any atom is 0.387 e. The van der Waals surface area contributed by atoms with Gasteiger partial charge in [-0.2, -0.15) is 8.78 Å². The highest BCUT2D eigenvalue weighted by molar-refractivity contribution is 5.89. The van der Waals surface area contributed by atoms with Crippen LogP contribution in [0.5, 0.6) is 11.5 Å². The molecule has 0 aliphatic heterocycles. The Hall–Kier alpha value is -2.60. The summed E-state index contributed by atoms with van der Waals surface area (Å²) in [6, 6.07) is 11.2. The molecule has 0 spiro atoms. The smallest absolute Gasteiger partial charge is 0.387 e. The second-order valence-electron chi connectivity index (χ2n) is 7.50. The lowest BCUT2D eigenvalue weighted by Crippen LogP contribution is -2.17. The third kappa shape index (κ3) is 3.97. The molecule has 0 fully saturated rings. The summed E-state index contributed by atoms with van der Waals surface area (Å²) in [7, 11) is 4.13. The molecule has 28 heavy (non-hydrogen) atoms. The van der Waals surface area contributed by atoms with Crippen LogP contribution < -0.4 is 9.47 Å². The number of nitrogens with zero attached hydrogens (tertiary/aromatic N) is 1. The molecule has 148 valence electrons. The molecule has 0 bridgehead atoms. The molecule has 1 aliphatic rings. The Labute approximate surface area is 163 Å². The number of halogens is 2. The van der Waals surface area contributed by atoms with E-state index in [9.17, 15) is 8.78 Å². The number of aromatic amines is 1. The molecule has 0 amide bonds. The van der Waals surface area contributed by atoms with Gasteiger partial charge in [-0.25, -0.2) is 0 Å². The maximum atomic E-state index is 12.5. The first kappa shape index (κ1) is 18.7. The summed E-state index contributed by atoms with van der Waals surface area (Å²) in [6.45, 7) is -1.85. The van der Waals surface area contributed by atoms with Gasteiger partial charge in [-0.1, -0.05) is 12.1 Å². The Kier molecular flexibility index (Phi) is 5.22. The number of likely N-dealkylation sites (N-methyl/N-ethyl adjacent to an activating group) is 1. The van der Waals surface area contributed by atoms with E-state index in [0.29, 0.717) is 6.42 Å². The van der Waals surface area contributed by atoms with Crippen LogP contribution in [0.15, 0.2) is 42.6 Å². The van der Waals surface area contributed by atoms with Crippen molar-refractivity contribution in [3.8, 4) is 11.5 Å². The van der Waals surface area contributed by atoms with Gasteiger partial charge in [0.1, 0.15) is 17.6 Å². The largest absolute Gasteiger partial charge is 0.489 e. The first-order valence-electron chi connectivity index (χ1n) is 9.46. The van der Waals surface area contributed by atoms with E-state index in [4.69, 9.17) is 4.74 Å². The summed E-state index contributed by atoms with van der Waals surface area (Å²) in [5, 5.41) is 1.13. The number of aromatic nitrogens is 1. The van der Waals surface area contributed by atoms with Crippen molar-refractivity contribution in [2.75, 3.05) is 20.6 Å². The number of alkyl halides is 2. The topological polar surface area (TPSA) is 37.5 Å². The van der Waals surface area contributed by atoms with Gasteiger partial charge in [0, 0.05) is 36.5 Å². The normalized spacial score (nSPS) is 16.1. The number of benzene rings is 2. The molecule has 3 aromatic rings. The van der Waals surface area contributed by atoms with E-state index < -0.39 is 6.61 Å². The first-order valence-corrected chi connectivity index (χ1v) is 9.46. The summed E-state index contributed by atoms with van der Waals surface area (Å²) < 4.78 is 35.8. The molecule has 1 aromatic heterocycles. The standard InChI is InChI=1S/C22H24F2N2O2/c1-26(2)9-8-15-13-25-19-4-3-5-20(21(15)19)27-18-10-14-6-7-17(28-22(23)24)11-16(14)12-18/h3-7,11,13,18,22,25H,8-10,12H2,1-2H3/t18-/m1/s1. The van der Waals surface area contributed by atoms with Gasteiger partial charge in [0.25, 0.3) is 0 Å². The fourth-order valence-electron chi connectivity index (χ4n) is 3.85. The predicted molar refractivity (Wildman–Crippen MR) is 105 cm³/mol. The van der Waals surface area contributed by atoms with Crippen molar-refractivity contribution in [2.45, 2.75) is 32.0 Å². The molecular formula is C22H24F2N2O2. The van der Waals surface area contributed by atoms with Crippen molar-refractivity contribution in [1.82, 2.24) is 9.88 Å². The monoisotopic (exact) mass is 386 g/mol. The molecule has 0 saturated carbocycles. The Morgan fingerprint density at radius 1 is 1.14 bits per heavy atom. The highest BCUT2D eigenvalue weighted by Gasteiger charge is 2.25. The van der Waals surface area contributed by atoms with Gasteiger partial charge >= 0.3 is 6.61 Å². The third-order valence-electron chi connectivity index (χ3n) is 5.17. The van der Waals surface area contributed by atoms with Crippen molar-refractivity contribution in [3.05, 3.63) is 59.3 Å². The number of rotatable bonds is 7. The van der Waals surface area contributed by atoms with Crippen molar-refractivity contribution < 1.29 is 18.3 Å². The molecule has 0 unspecified atom stereocenters. The van der Waals surface area contributed by atoms with E-state index in [2.05, 4.69) is 41.0 Å². The number of fused-ring (bicyclic) bond motifs is 2. The van der Waals surface area contributed by atoms with E-state index >= 15 is 0 Å². The zero-order chi connectivity index (χ0) is 19.7. The minimum absolute atomic E-state index is 0.0148. The average molecular weight is 386 g/mol. The van der Waals surface area contributed by atoms with Crippen LogP contribution in [0.3, 0.4) is 0 Å². The lowest BCUT2D eigenvalue weighted by Gasteiger charge is -2.15. The van der Waals surface area contributed by atoms with Crippen LogP contribution in [0.25, 0.3) is 10.9 Å². The Bertz CT molecular complexity index is 968. The SMILES string of the molecule is CN(C)CCc1c[nH]c2cccc(O[C@@H]3Cc4ccc(OC(F)F)cc4C3)c12. The number of nitrogens with one attached hydrogen (secondary N) is 1. The summed E-state index contributed by atoms with van der Waals surface area (Å²) in [4.78, 5) is 5.50. The highest BCUT2D eigenvalue weighted by atomic mass is 19.3. The molecule has 4 rings (SSSR count). The molecule has 0 saturated heterocycles. The molecule has 1 heterocycles. The van der Waals surface area contributed by atoms with Gasteiger partial charge in [-0.05, 0) is 61.5 Å². The third-order valence-corrected chi connectivity index (χ3v) is 5.17. The van der Waals surface area contributed by atoms with E-state index in [1.165, 1.54) is 5.56 Å². The van der Waals surface area contributed by atoms with E-state index in [1.807, 2.05) is 18.2 Å². The van der Waals surface area contributed by atoms with Gasteiger partial charge in [0.15, 0.2) is 0 Å². The number of ether oxygens (including phenoxy) is 2. The van der Waals surface area contributed by atoms with Crippen LogP contribution in [0.4, 0.5) is 8.78 Å². The van der Waals surface area contributed by atoms with Gasteiger partial charge in [-0.3, -0.25) is 0 Å². The van der Waals surface area contributed by atoms with Gasteiger partial charge in [-0.15, -0.1) is 0 Å². The summed E-state index contributed by atoms with van der Waals surface area (Å²) in [5.41, 5.74) is 4.44. The van der Waals surface area contributed by atoms with E-state index in [0.717, 1.165) is 47.2 Å². The predicted octanol–water partition coefficient (Wildman–Crippen LogP) is 4.42. The minimum atomic E-state index is -2.81. The molecule has 2 aromatic carbocycles. The fraction of sp³-hybridized carbons (Fsp3) is 0.364. The second-order valence-corrected chi connectivity index (χ2v) is 7.50. The minimum Gasteiger partial charge on any atom is -0.489 e. The molecule has 1 atom stereocenters. The summed E-state index contributed by atoms with van der Waals surface area (Å²) >= 11 is 0. The summed E-state index contributed by atoms with van der Waals surface area (Å²) in [6.07, 6.45) is 4.42. The zero-order valence-corrected chi connectivity index (χ0v) is 16.0. The summed E-state index contributed by atoms with van der Waals surface area (Å²) in [5.74, 6) is 1.07. The number of H-pyrrole nitrogens is 1. The van der Waals surface area contributed by atoms with Crippen LogP contribution in [0.2, 0.25) is 0 Å². The molecule has 4 nitrogen and oxygen atoms in total. The van der Waals surface area contributed by atoms with Crippen LogP contribution in [-0.4, -0.2) is 43.2 Å². The van der Waals surface area contributed by atoms with Crippen molar-refractivity contribution in [1.29, 1.82) is 0 Å². The van der Waals surface area contributed by atoms with Crippen LogP contribution in [0, 0.1) is 0 Å². The number of hydrogen-bond acceptors (Lipinski definition) is 3. The lowest BCUT2D eigenvalue weighted by atomic mass is 10.1. The Balaban J connectivity index is 1.53. The van der Waals surface area contributed by atoms with Crippen LogP contribution >= 0.6 is 0 Å².